The summed E-state index contributed by atoms with van der Waals surface area (Å²) in [5.74, 6) is 0.133. The SMILES string of the molecule is CC(C)(C)OC(=O)C(Cc1ccc(OCCCO)cc1)NC(=O)OCc1ccccc1. The Morgan fingerprint density at radius 2 is 1.68 bits per heavy atom. The fourth-order valence-corrected chi connectivity index (χ4v) is 2.69. The Morgan fingerprint density at radius 1 is 1.00 bits per heavy atom. The Balaban J connectivity index is 2.00. The topological polar surface area (TPSA) is 94.1 Å². The molecule has 2 aromatic rings. The number of hydrogen-bond donors (Lipinski definition) is 2. The van der Waals surface area contributed by atoms with Gasteiger partial charge in [0.2, 0.25) is 0 Å². The van der Waals surface area contributed by atoms with Crippen molar-refractivity contribution in [3.05, 3.63) is 65.7 Å². The Hall–Kier alpha value is -3.06. The molecule has 168 valence electrons. The normalized spacial score (nSPS) is 12.0. The molecular weight excluding hydrogens is 398 g/mol. The van der Waals surface area contributed by atoms with E-state index in [0.717, 1.165) is 11.1 Å². The van der Waals surface area contributed by atoms with Crippen molar-refractivity contribution in [2.45, 2.75) is 51.9 Å². The number of hydrogen-bond acceptors (Lipinski definition) is 6. The van der Waals surface area contributed by atoms with Gasteiger partial charge in [-0.2, -0.15) is 0 Å². The van der Waals surface area contributed by atoms with Gasteiger partial charge >= 0.3 is 12.1 Å². The van der Waals surface area contributed by atoms with Gasteiger partial charge in [0.25, 0.3) is 0 Å². The number of nitrogens with one attached hydrogen (secondary N) is 1. The van der Waals surface area contributed by atoms with Crippen molar-refractivity contribution in [1.29, 1.82) is 0 Å². The standard InChI is InChI=1S/C24H31NO6/c1-24(2,3)31-22(27)21(25-23(28)30-17-19-8-5-4-6-9-19)16-18-10-12-20(13-11-18)29-15-7-14-26/h4-6,8-13,21,26H,7,14-17H2,1-3H3,(H,25,28). The van der Waals surface area contributed by atoms with E-state index >= 15 is 0 Å². The number of aliphatic hydroxyl groups is 1. The predicted octanol–water partition coefficient (Wildman–Crippen LogP) is 3.63. The average molecular weight is 430 g/mol. The third-order valence-electron chi connectivity index (χ3n) is 4.13. The number of amides is 1. The van der Waals surface area contributed by atoms with Gasteiger partial charge in [-0.25, -0.2) is 9.59 Å². The molecule has 0 saturated heterocycles. The van der Waals surface area contributed by atoms with Gasteiger partial charge in [0.05, 0.1) is 6.61 Å². The minimum absolute atomic E-state index is 0.0711. The van der Waals surface area contributed by atoms with E-state index in [4.69, 9.17) is 19.3 Å². The minimum Gasteiger partial charge on any atom is -0.494 e. The van der Waals surface area contributed by atoms with Crippen molar-refractivity contribution < 1.29 is 28.9 Å². The fourth-order valence-electron chi connectivity index (χ4n) is 2.69. The third-order valence-corrected chi connectivity index (χ3v) is 4.13. The number of rotatable bonds is 10. The second-order valence-corrected chi connectivity index (χ2v) is 8.07. The molecule has 0 bridgehead atoms. The van der Waals surface area contributed by atoms with E-state index in [-0.39, 0.29) is 19.6 Å². The van der Waals surface area contributed by atoms with Crippen LogP contribution in [-0.2, 0) is 27.3 Å². The molecular formula is C24H31NO6. The van der Waals surface area contributed by atoms with Crippen LogP contribution in [0.1, 0.15) is 38.3 Å². The van der Waals surface area contributed by atoms with Gasteiger partial charge in [-0.05, 0) is 44.0 Å². The van der Waals surface area contributed by atoms with Crippen LogP contribution in [0.3, 0.4) is 0 Å². The van der Waals surface area contributed by atoms with Gasteiger partial charge < -0.3 is 24.6 Å². The van der Waals surface area contributed by atoms with Gasteiger partial charge in [0.15, 0.2) is 0 Å². The quantitative estimate of drug-likeness (QED) is 0.443. The van der Waals surface area contributed by atoms with E-state index in [1.165, 1.54) is 0 Å². The van der Waals surface area contributed by atoms with E-state index < -0.39 is 23.7 Å². The highest BCUT2D eigenvalue weighted by atomic mass is 16.6. The summed E-state index contributed by atoms with van der Waals surface area (Å²) in [4.78, 5) is 25.0. The Labute approximate surface area is 183 Å². The highest BCUT2D eigenvalue weighted by molar-refractivity contribution is 5.82. The molecule has 0 aliphatic carbocycles. The molecule has 0 aliphatic heterocycles. The van der Waals surface area contributed by atoms with E-state index in [0.29, 0.717) is 18.8 Å². The molecule has 2 aromatic carbocycles. The molecule has 0 aromatic heterocycles. The first kappa shape index (κ1) is 24.2. The van der Waals surface area contributed by atoms with Crippen LogP contribution < -0.4 is 10.1 Å². The number of carbonyl (C=O) groups is 2. The summed E-state index contributed by atoms with van der Waals surface area (Å²) in [6.45, 7) is 5.91. The molecule has 0 heterocycles. The zero-order valence-corrected chi connectivity index (χ0v) is 18.3. The molecule has 2 N–H and O–H groups in total. The van der Waals surface area contributed by atoms with E-state index in [1.54, 1.807) is 32.9 Å². The van der Waals surface area contributed by atoms with Gasteiger partial charge in [0, 0.05) is 19.4 Å². The van der Waals surface area contributed by atoms with Crippen molar-refractivity contribution in [2.24, 2.45) is 0 Å². The lowest BCUT2D eigenvalue weighted by Crippen LogP contribution is -2.45. The maximum atomic E-state index is 12.7. The molecule has 31 heavy (non-hydrogen) atoms. The summed E-state index contributed by atoms with van der Waals surface area (Å²) < 4.78 is 16.2. The van der Waals surface area contributed by atoms with Crippen molar-refractivity contribution in [3.63, 3.8) is 0 Å². The van der Waals surface area contributed by atoms with Crippen LogP contribution in [0, 0.1) is 0 Å². The van der Waals surface area contributed by atoms with Crippen LogP contribution >= 0.6 is 0 Å². The first-order valence-corrected chi connectivity index (χ1v) is 10.3. The predicted molar refractivity (Wildman–Crippen MR) is 117 cm³/mol. The second-order valence-electron chi connectivity index (χ2n) is 8.07. The first-order valence-electron chi connectivity index (χ1n) is 10.3. The van der Waals surface area contributed by atoms with E-state index in [2.05, 4.69) is 5.32 Å². The van der Waals surface area contributed by atoms with Crippen molar-refractivity contribution in [3.8, 4) is 5.75 Å². The molecule has 0 radical (unpaired) electrons. The summed E-state index contributed by atoms with van der Waals surface area (Å²) >= 11 is 0. The molecule has 1 unspecified atom stereocenters. The number of aliphatic hydroxyl groups excluding tert-OH is 1. The minimum atomic E-state index is -0.899. The number of ether oxygens (including phenoxy) is 3. The van der Waals surface area contributed by atoms with E-state index in [9.17, 15) is 9.59 Å². The molecule has 7 heteroatoms. The molecule has 2 rings (SSSR count). The van der Waals surface area contributed by atoms with Crippen LogP contribution in [0.5, 0.6) is 5.75 Å². The Kier molecular flexibility index (Phi) is 9.34. The smallest absolute Gasteiger partial charge is 0.408 e. The fraction of sp³-hybridized carbons (Fsp3) is 0.417. The Morgan fingerprint density at radius 3 is 2.29 bits per heavy atom. The molecule has 7 nitrogen and oxygen atoms in total. The Bertz CT molecular complexity index is 814. The zero-order valence-electron chi connectivity index (χ0n) is 18.3. The summed E-state index contributed by atoms with van der Waals surface area (Å²) in [7, 11) is 0. The van der Waals surface area contributed by atoms with Gasteiger partial charge in [0.1, 0.15) is 24.0 Å². The summed E-state index contributed by atoms with van der Waals surface area (Å²) in [5.41, 5.74) is 0.993. The summed E-state index contributed by atoms with van der Waals surface area (Å²) in [6, 6.07) is 15.6. The summed E-state index contributed by atoms with van der Waals surface area (Å²) in [5, 5.41) is 11.4. The molecule has 0 saturated carbocycles. The van der Waals surface area contributed by atoms with Crippen LogP contribution in [-0.4, -0.2) is 42.0 Å². The second kappa shape index (κ2) is 12.0. The largest absolute Gasteiger partial charge is 0.494 e. The molecule has 0 fully saturated rings. The number of esters is 1. The maximum Gasteiger partial charge on any atom is 0.408 e. The zero-order chi connectivity index (χ0) is 22.7. The average Bonchev–Trinajstić information content (AvgIpc) is 2.73. The highest BCUT2D eigenvalue weighted by Crippen LogP contribution is 2.16. The maximum absolute atomic E-state index is 12.7. The highest BCUT2D eigenvalue weighted by Gasteiger charge is 2.27. The first-order chi connectivity index (χ1) is 14.8. The number of carbonyl (C=O) groups excluding carboxylic acids is 2. The van der Waals surface area contributed by atoms with Gasteiger partial charge in [-0.15, -0.1) is 0 Å². The molecule has 0 spiro atoms. The van der Waals surface area contributed by atoms with Crippen LogP contribution in [0.2, 0.25) is 0 Å². The third kappa shape index (κ3) is 9.53. The van der Waals surface area contributed by atoms with E-state index in [1.807, 2.05) is 42.5 Å². The molecule has 1 atom stereocenters. The lowest BCUT2D eigenvalue weighted by atomic mass is 10.1. The molecule has 0 aliphatic rings. The van der Waals surface area contributed by atoms with Crippen molar-refractivity contribution >= 4 is 12.1 Å². The molecule has 1 amide bonds. The monoisotopic (exact) mass is 429 g/mol. The lowest BCUT2D eigenvalue weighted by molar-refractivity contribution is -0.157. The lowest BCUT2D eigenvalue weighted by Gasteiger charge is -2.24. The number of alkyl carbamates (subject to hydrolysis) is 1. The summed E-state index contributed by atoms with van der Waals surface area (Å²) in [6.07, 6.45) is 0.104. The van der Waals surface area contributed by atoms with Crippen LogP contribution in [0.25, 0.3) is 0 Å². The van der Waals surface area contributed by atoms with Crippen molar-refractivity contribution in [2.75, 3.05) is 13.2 Å². The van der Waals surface area contributed by atoms with Crippen molar-refractivity contribution in [1.82, 2.24) is 5.32 Å². The van der Waals surface area contributed by atoms with Crippen LogP contribution in [0.15, 0.2) is 54.6 Å². The number of benzene rings is 2. The van der Waals surface area contributed by atoms with Crippen LogP contribution in [0.4, 0.5) is 4.79 Å². The van der Waals surface area contributed by atoms with Gasteiger partial charge in [-0.1, -0.05) is 42.5 Å². The van der Waals surface area contributed by atoms with Gasteiger partial charge in [-0.3, -0.25) is 0 Å².